The first-order valence-electron chi connectivity index (χ1n) is 7.45. The maximum atomic E-state index is 12.8. The number of rotatable bonds is 3. The molecule has 0 radical (unpaired) electrons. The highest BCUT2D eigenvalue weighted by molar-refractivity contribution is 9.10. The number of imide groups is 1. The minimum atomic E-state index is -1.12. The van der Waals surface area contributed by atoms with Crippen molar-refractivity contribution >= 4 is 85.7 Å². The van der Waals surface area contributed by atoms with E-state index in [4.69, 9.17) is 46.4 Å². The van der Waals surface area contributed by atoms with Crippen molar-refractivity contribution in [1.29, 1.82) is 0 Å². The van der Waals surface area contributed by atoms with Crippen LogP contribution < -0.4 is 5.32 Å². The zero-order valence-corrected chi connectivity index (χ0v) is 18.1. The van der Waals surface area contributed by atoms with E-state index in [1.165, 1.54) is 6.92 Å². The fourth-order valence-electron chi connectivity index (χ4n) is 2.62. The molecule has 1 unspecified atom stereocenters. The quantitative estimate of drug-likeness (QED) is 0.328. The summed E-state index contributed by atoms with van der Waals surface area (Å²) in [5.74, 6) is -2.09. The molecule has 1 atom stereocenters. The first-order valence-corrected chi connectivity index (χ1v) is 9.75. The Kier molecular flexibility index (Phi) is 5.75. The Balaban J connectivity index is 1.93. The van der Waals surface area contributed by atoms with Crippen molar-refractivity contribution in [3.63, 3.8) is 0 Å². The van der Waals surface area contributed by atoms with E-state index in [2.05, 4.69) is 21.2 Å². The van der Waals surface area contributed by atoms with Crippen LogP contribution in [-0.4, -0.2) is 28.7 Å². The summed E-state index contributed by atoms with van der Waals surface area (Å²) in [6.45, 7) is 1.42. The van der Waals surface area contributed by atoms with E-state index in [-0.39, 0.29) is 31.2 Å². The maximum Gasteiger partial charge on any atom is 0.263 e. The lowest BCUT2D eigenvalue weighted by atomic mass is 10.1. The van der Waals surface area contributed by atoms with Gasteiger partial charge in [-0.3, -0.25) is 19.3 Å². The van der Waals surface area contributed by atoms with Crippen molar-refractivity contribution in [1.82, 2.24) is 4.90 Å². The number of fused-ring (bicyclic) bond motifs is 1. The Morgan fingerprint density at radius 1 is 0.926 bits per heavy atom. The summed E-state index contributed by atoms with van der Waals surface area (Å²) in [5.41, 5.74) is 0.183. The van der Waals surface area contributed by atoms with Gasteiger partial charge in [0.15, 0.2) is 0 Å². The van der Waals surface area contributed by atoms with Crippen LogP contribution in [0.15, 0.2) is 28.7 Å². The minimum Gasteiger partial charge on any atom is -0.324 e. The number of halogens is 5. The van der Waals surface area contributed by atoms with Gasteiger partial charge in [-0.1, -0.05) is 62.3 Å². The first-order chi connectivity index (χ1) is 12.6. The van der Waals surface area contributed by atoms with E-state index >= 15 is 0 Å². The van der Waals surface area contributed by atoms with Gasteiger partial charge < -0.3 is 5.32 Å². The molecule has 0 spiro atoms. The molecule has 0 saturated carbocycles. The van der Waals surface area contributed by atoms with Crippen LogP contribution in [0.5, 0.6) is 0 Å². The van der Waals surface area contributed by atoms with Gasteiger partial charge in [0.25, 0.3) is 11.8 Å². The Hall–Kier alpha value is -1.31. The van der Waals surface area contributed by atoms with E-state index in [0.29, 0.717) is 5.69 Å². The van der Waals surface area contributed by atoms with Crippen LogP contribution in [0.25, 0.3) is 0 Å². The van der Waals surface area contributed by atoms with Crippen LogP contribution in [0.2, 0.25) is 20.1 Å². The molecular formula is C17H9BrCl4N2O3. The Morgan fingerprint density at radius 2 is 1.37 bits per heavy atom. The van der Waals surface area contributed by atoms with Gasteiger partial charge in [0.05, 0.1) is 31.2 Å². The average Bonchev–Trinajstić information content (AvgIpc) is 2.90. The molecule has 0 fully saturated rings. The molecule has 27 heavy (non-hydrogen) atoms. The van der Waals surface area contributed by atoms with Gasteiger partial charge in [0, 0.05) is 10.2 Å². The summed E-state index contributed by atoms with van der Waals surface area (Å²) >= 11 is 27.4. The monoisotopic (exact) mass is 508 g/mol. The third-order valence-corrected chi connectivity index (χ3v) is 6.34. The van der Waals surface area contributed by atoms with Gasteiger partial charge in [-0.25, -0.2) is 0 Å². The summed E-state index contributed by atoms with van der Waals surface area (Å²) in [7, 11) is 0. The third kappa shape index (κ3) is 3.45. The molecule has 0 bridgehead atoms. The highest BCUT2D eigenvalue weighted by atomic mass is 79.9. The van der Waals surface area contributed by atoms with E-state index in [1.54, 1.807) is 24.3 Å². The number of hydrogen-bond acceptors (Lipinski definition) is 3. The average molecular weight is 511 g/mol. The van der Waals surface area contributed by atoms with Crippen molar-refractivity contribution in [2.45, 2.75) is 13.0 Å². The molecule has 3 rings (SSSR count). The Morgan fingerprint density at radius 3 is 1.81 bits per heavy atom. The second kappa shape index (κ2) is 7.60. The van der Waals surface area contributed by atoms with Crippen molar-refractivity contribution in [3.05, 3.63) is 60.0 Å². The van der Waals surface area contributed by atoms with E-state index in [1.807, 2.05) is 0 Å². The van der Waals surface area contributed by atoms with Crippen molar-refractivity contribution in [2.75, 3.05) is 5.32 Å². The van der Waals surface area contributed by atoms with E-state index in [9.17, 15) is 14.4 Å². The number of benzene rings is 2. The standard InChI is InChI=1S/C17H9BrCl4N2O3/c1-6(15(25)23-8-4-2-7(18)3-5-8)24-16(26)9-10(17(24)27)12(20)14(22)13(21)11(9)19/h2-6H,1H3,(H,23,25). The summed E-state index contributed by atoms with van der Waals surface area (Å²) < 4.78 is 0.840. The third-order valence-electron chi connectivity index (χ3n) is 4.01. The summed E-state index contributed by atoms with van der Waals surface area (Å²) in [6, 6.07) is 5.71. The molecule has 5 nitrogen and oxygen atoms in total. The molecule has 0 aliphatic carbocycles. The Bertz CT molecular complexity index is 948. The molecular weight excluding hydrogens is 502 g/mol. The molecule has 2 aromatic carbocycles. The van der Waals surface area contributed by atoms with Gasteiger partial charge >= 0.3 is 0 Å². The predicted octanol–water partition coefficient (Wildman–Crippen LogP) is 5.69. The summed E-state index contributed by atoms with van der Waals surface area (Å²) in [6.07, 6.45) is 0. The maximum absolute atomic E-state index is 12.8. The van der Waals surface area contributed by atoms with Crippen LogP contribution in [0.3, 0.4) is 0 Å². The van der Waals surface area contributed by atoms with Crippen LogP contribution >= 0.6 is 62.3 Å². The van der Waals surface area contributed by atoms with Crippen LogP contribution in [-0.2, 0) is 4.79 Å². The molecule has 2 aromatic rings. The zero-order valence-electron chi connectivity index (χ0n) is 13.4. The van der Waals surface area contributed by atoms with Crippen molar-refractivity contribution in [2.24, 2.45) is 0 Å². The number of amides is 3. The van der Waals surface area contributed by atoms with Gasteiger partial charge in [-0.15, -0.1) is 0 Å². The fourth-order valence-corrected chi connectivity index (χ4v) is 3.89. The number of carbonyl (C=O) groups excluding carboxylic acids is 3. The van der Waals surface area contributed by atoms with Crippen LogP contribution in [0, 0.1) is 0 Å². The second-order valence-corrected chi connectivity index (χ2v) is 8.09. The topological polar surface area (TPSA) is 66.5 Å². The van der Waals surface area contributed by atoms with Crippen molar-refractivity contribution in [3.8, 4) is 0 Å². The Labute approximate surface area is 182 Å². The predicted molar refractivity (Wildman–Crippen MR) is 109 cm³/mol. The number of nitrogens with one attached hydrogen (secondary N) is 1. The molecule has 0 saturated heterocycles. The molecule has 10 heteroatoms. The summed E-state index contributed by atoms with van der Waals surface area (Å²) in [5, 5.41) is 2.03. The molecule has 3 amide bonds. The molecule has 1 aliphatic rings. The largest absolute Gasteiger partial charge is 0.324 e. The van der Waals surface area contributed by atoms with Gasteiger partial charge in [0.2, 0.25) is 5.91 Å². The summed E-state index contributed by atoms with van der Waals surface area (Å²) in [4.78, 5) is 38.8. The van der Waals surface area contributed by atoms with Gasteiger partial charge in [-0.2, -0.15) is 0 Å². The lowest BCUT2D eigenvalue weighted by Gasteiger charge is -2.21. The molecule has 140 valence electrons. The smallest absolute Gasteiger partial charge is 0.263 e. The van der Waals surface area contributed by atoms with Crippen LogP contribution in [0.1, 0.15) is 27.6 Å². The fraction of sp³-hybridized carbons (Fsp3) is 0.118. The molecule has 0 aromatic heterocycles. The zero-order chi connectivity index (χ0) is 20.0. The second-order valence-electron chi connectivity index (χ2n) is 5.66. The molecule has 1 N–H and O–H groups in total. The van der Waals surface area contributed by atoms with E-state index in [0.717, 1.165) is 9.37 Å². The number of carbonyl (C=O) groups is 3. The van der Waals surface area contributed by atoms with Gasteiger partial charge in [0.1, 0.15) is 6.04 Å². The SMILES string of the molecule is CC(C(=O)Nc1ccc(Br)cc1)N1C(=O)c2c(Cl)c(Cl)c(Cl)c(Cl)c2C1=O. The highest BCUT2D eigenvalue weighted by Gasteiger charge is 2.45. The number of anilines is 1. The molecule has 1 aliphatic heterocycles. The number of hydrogen-bond donors (Lipinski definition) is 1. The van der Waals surface area contributed by atoms with Gasteiger partial charge in [-0.05, 0) is 31.2 Å². The van der Waals surface area contributed by atoms with E-state index < -0.39 is 23.8 Å². The van der Waals surface area contributed by atoms with Crippen molar-refractivity contribution < 1.29 is 14.4 Å². The number of nitrogens with zero attached hydrogens (tertiary/aromatic N) is 1. The molecule has 1 heterocycles. The minimum absolute atomic E-state index is 0.128. The van der Waals surface area contributed by atoms with Crippen LogP contribution in [0.4, 0.5) is 5.69 Å². The lowest BCUT2D eigenvalue weighted by Crippen LogP contribution is -2.45. The normalized spacial score (nSPS) is 14.4. The lowest BCUT2D eigenvalue weighted by molar-refractivity contribution is -0.119. The first kappa shape index (κ1) is 20.4. The highest BCUT2D eigenvalue weighted by Crippen LogP contribution is 2.45.